The summed E-state index contributed by atoms with van der Waals surface area (Å²) in [7, 11) is 0. The monoisotopic (exact) mass is 447 g/mol. The van der Waals surface area contributed by atoms with Gasteiger partial charge in [-0.2, -0.15) is 0 Å². The van der Waals surface area contributed by atoms with Crippen molar-refractivity contribution in [3.8, 4) is 11.8 Å². The molecule has 0 aliphatic carbocycles. The van der Waals surface area contributed by atoms with Crippen LogP contribution >= 0.6 is 11.6 Å². The lowest BCUT2D eigenvalue weighted by molar-refractivity contribution is -0.122. The quantitative estimate of drug-likeness (QED) is 0.600. The van der Waals surface area contributed by atoms with Crippen LogP contribution < -0.4 is 10.2 Å². The van der Waals surface area contributed by atoms with Gasteiger partial charge in [0.1, 0.15) is 11.6 Å². The maximum absolute atomic E-state index is 13.0. The van der Waals surface area contributed by atoms with Crippen LogP contribution in [-0.4, -0.2) is 48.2 Å². The Morgan fingerprint density at radius 3 is 2.68 bits per heavy atom. The number of halogens is 1. The zero-order valence-electron chi connectivity index (χ0n) is 19.3. The summed E-state index contributed by atoms with van der Waals surface area (Å²) in [5.41, 5.74) is 0.884. The molecule has 31 heavy (non-hydrogen) atoms. The molecule has 0 radical (unpaired) electrons. The lowest BCUT2D eigenvalue weighted by atomic mass is 10.0. The highest BCUT2D eigenvalue weighted by atomic mass is 35.5. The van der Waals surface area contributed by atoms with Gasteiger partial charge in [0.15, 0.2) is 0 Å². The van der Waals surface area contributed by atoms with E-state index in [1.54, 1.807) is 6.07 Å². The molecule has 1 heterocycles. The average molecular weight is 448 g/mol. The molecule has 1 saturated heterocycles. The standard InChI is InChI=1S/C24H34ClN3O3/c1-6-8-15-27(14-7-2)20-13-12-18(17-19(20)25)26-22(29)21-11-9-10-16-28(21)23(30)31-24(3,4)5/h12-13,17,21H,7,9-11,14-16H2,1-5H3,(H,26,29)/t21-/m1/s1. The van der Waals surface area contributed by atoms with Crippen LogP contribution in [0, 0.1) is 11.8 Å². The van der Waals surface area contributed by atoms with Gasteiger partial charge in [0.2, 0.25) is 5.91 Å². The van der Waals surface area contributed by atoms with Gasteiger partial charge in [-0.15, -0.1) is 5.92 Å². The predicted molar refractivity (Wildman–Crippen MR) is 127 cm³/mol. The molecule has 1 fully saturated rings. The molecule has 7 heteroatoms. The number of anilines is 2. The van der Waals surface area contributed by atoms with E-state index in [9.17, 15) is 9.59 Å². The zero-order valence-corrected chi connectivity index (χ0v) is 20.0. The summed E-state index contributed by atoms with van der Waals surface area (Å²) in [6.07, 6.45) is 2.88. The van der Waals surface area contributed by atoms with E-state index in [-0.39, 0.29) is 5.91 Å². The molecule has 0 aromatic heterocycles. The van der Waals surface area contributed by atoms with E-state index in [1.165, 1.54) is 4.90 Å². The number of amides is 2. The minimum Gasteiger partial charge on any atom is -0.444 e. The van der Waals surface area contributed by atoms with Crippen LogP contribution in [0.15, 0.2) is 18.2 Å². The van der Waals surface area contributed by atoms with Crippen molar-refractivity contribution in [3.63, 3.8) is 0 Å². The Hall–Kier alpha value is -2.39. The van der Waals surface area contributed by atoms with Crippen molar-refractivity contribution < 1.29 is 14.3 Å². The van der Waals surface area contributed by atoms with Gasteiger partial charge in [-0.1, -0.05) is 24.4 Å². The van der Waals surface area contributed by atoms with Crippen LogP contribution in [0.1, 0.15) is 60.3 Å². The van der Waals surface area contributed by atoms with Crippen LogP contribution in [0.25, 0.3) is 0 Å². The fourth-order valence-electron chi connectivity index (χ4n) is 3.54. The number of ether oxygens (including phenoxy) is 1. The first-order valence-corrected chi connectivity index (χ1v) is 11.3. The molecule has 1 aromatic rings. The third-order valence-electron chi connectivity index (χ3n) is 4.93. The van der Waals surface area contributed by atoms with Gasteiger partial charge in [-0.05, 0) is 71.6 Å². The lowest BCUT2D eigenvalue weighted by Crippen LogP contribution is -2.51. The van der Waals surface area contributed by atoms with Gasteiger partial charge in [-0.25, -0.2) is 4.79 Å². The molecule has 1 N–H and O–H groups in total. The summed E-state index contributed by atoms with van der Waals surface area (Å²) in [6, 6.07) is 4.93. The molecule has 0 bridgehead atoms. The van der Waals surface area contributed by atoms with Crippen LogP contribution in [0.3, 0.4) is 0 Å². The first kappa shape index (κ1) is 24.9. The molecule has 0 spiro atoms. The highest BCUT2D eigenvalue weighted by Crippen LogP contribution is 2.30. The molecule has 2 amide bonds. The lowest BCUT2D eigenvalue weighted by Gasteiger charge is -2.35. The highest BCUT2D eigenvalue weighted by molar-refractivity contribution is 6.33. The van der Waals surface area contributed by atoms with E-state index in [2.05, 4.69) is 29.0 Å². The van der Waals surface area contributed by atoms with Crippen LogP contribution in [0.2, 0.25) is 5.02 Å². The number of rotatable bonds is 6. The number of nitrogens with zero attached hydrogens (tertiary/aromatic N) is 2. The van der Waals surface area contributed by atoms with E-state index in [4.69, 9.17) is 16.3 Å². The summed E-state index contributed by atoms with van der Waals surface area (Å²) in [5, 5.41) is 3.47. The summed E-state index contributed by atoms with van der Waals surface area (Å²) in [4.78, 5) is 29.2. The molecule has 1 atom stereocenters. The largest absolute Gasteiger partial charge is 0.444 e. The second-order valence-corrected chi connectivity index (χ2v) is 9.10. The highest BCUT2D eigenvalue weighted by Gasteiger charge is 2.34. The van der Waals surface area contributed by atoms with Crippen molar-refractivity contribution in [2.75, 3.05) is 29.9 Å². The molecule has 6 nitrogen and oxygen atoms in total. The van der Waals surface area contributed by atoms with Crippen molar-refractivity contribution in [3.05, 3.63) is 23.2 Å². The average Bonchev–Trinajstić information content (AvgIpc) is 2.70. The fourth-order valence-corrected chi connectivity index (χ4v) is 3.84. The molecule has 2 rings (SSSR count). The smallest absolute Gasteiger partial charge is 0.410 e. The summed E-state index contributed by atoms with van der Waals surface area (Å²) in [5.74, 6) is 5.77. The maximum Gasteiger partial charge on any atom is 0.410 e. The fraction of sp³-hybridized carbons (Fsp3) is 0.583. The van der Waals surface area contributed by atoms with Gasteiger partial charge >= 0.3 is 6.09 Å². The van der Waals surface area contributed by atoms with Gasteiger partial charge in [0.05, 0.1) is 17.3 Å². The summed E-state index contributed by atoms with van der Waals surface area (Å²) in [6.45, 7) is 11.3. The van der Waals surface area contributed by atoms with Gasteiger partial charge in [0, 0.05) is 18.8 Å². The normalized spacial score (nSPS) is 16.2. The Kier molecular flexibility index (Phi) is 9.06. The first-order valence-electron chi connectivity index (χ1n) is 10.9. The zero-order chi connectivity index (χ0) is 23.0. The van der Waals surface area contributed by atoms with E-state index in [0.29, 0.717) is 30.2 Å². The number of benzene rings is 1. The van der Waals surface area contributed by atoms with Crippen LogP contribution in [0.4, 0.5) is 16.2 Å². The van der Waals surface area contributed by atoms with Crippen molar-refractivity contribution in [1.82, 2.24) is 4.90 Å². The van der Waals surface area contributed by atoms with Crippen LogP contribution in [0.5, 0.6) is 0 Å². The van der Waals surface area contributed by atoms with Gasteiger partial charge in [0.25, 0.3) is 0 Å². The summed E-state index contributed by atoms with van der Waals surface area (Å²) < 4.78 is 5.49. The Morgan fingerprint density at radius 1 is 1.32 bits per heavy atom. The number of carbonyl (C=O) groups excluding carboxylic acids is 2. The minimum absolute atomic E-state index is 0.225. The second kappa shape index (κ2) is 11.3. The number of likely N-dealkylation sites (tertiary alicyclic amines) is 1. The van der Waals surface area contributed by atoms with E-state index in [0.717, 1.165) is 31.5 Å². The molecular weight excluding hydrogens is 414 g/mol. The third-order valence-corrected chi connectivity index (χ3v) is 5.23. The maximum atomic E-state index is 13.0. The second-order valence-electron chi connectivity index (χ2n) is 8.69. The topological polar surface area (TPSA) is 61.9 Å². The molecule has 0 saturated carbocycles. The van der Waals surface area contributed by atoms with Gasteiger partial charge in [-0.3, -0.25) is 9.69 Å². The molecule has 1 aliphatic rings. The predicted octanol–water partition coefficient (Wildman–Crippen LogP) is 5.31. The SMILES string of the molecule is CC#CCN(CCC)c1ccc(NC(=O)[C@H]2CCCCN2C(=O)OC(C)(C)C)cc1Cl. The first-order chi connectivity index (χ1) is 14.7. The molecule has 0 unspecified atom stereocenters. The molecular formula is C24H34ClN3O3. The minimum atomic E-state index is -0.606. The molecule has 170 valence electrons. The van der Waals surface area contributed by atoms with Gasteiger partial charge < -0.3 is 15.0 Å². The van der Waals surface area contributed by atoms with E-state index in [1.807, 2.05) is 39.8 Å². The van der Waals surface area contributed by atoms with Crippen molar-refractivity contribution in [1.29, 1.82) is 0 Å². The molecule has 1 aromatic carbocycles. The Balaban J connectivity index is 2.13. The number of nitrogens with one attached hydrogen (secondary N) is 1. The number of carbonyl (C=O) groups is 2. The Labute approximate surface area is 191 Å². The van der Waals surface area contributed by atoms with E-state index >= 15 is 0 Å². The Bertz CT molecular complexity index is 839. The third kappa shape index (κ3) is 7.36. The summed E-state index contributed by atoms with van der Waals surface area (Å²) >= 11 is 6.53. The number of hydrogen-bond acceptors (Lipinski definition) is 4. The Morgan fingerprint density at radius 2 is 2.06 bits per heavy atom. The molecule has 1 aliphatic heterocycles. The van der Waals surface area contributed by atoms with E-state index < -0.39 is 17.7 Å². The number of hydrogen-bond donors (Lipinski definition) is 1. The van der Waals surface area contributed by atoms with Crippen LogP contribution in [-0.2, 0) is 9.53 Å². The number of piperidine rings is 1. The van der Waals surface area contributed by atoms with Crippen molar-refractivity contribution in [2.24, 2.45) is 0 Å². The van der Waals surface area contributed by atoms with Crippen molar-refractivity contribution >= 4 is 35.0 Å². The van der Waals surface area contributed by atoms with Crippen molar-refractivity contribution in [2.45, 2.75) is 71.9 Å².